The number of hydrogen-bond acceptors (Lipinski definition) is 9. The number of rotatable bonds is 11. The average molecular weight is 1020 g/mol. The number of ether oxygens (including phenoxy) is 2. The number of aryl methyl sites for hydroxylation is 1. The molecule has 5 aromatic rings. The lowest BCUT2D eigenvalue weighted by Gasteiger charge is -2.40. The molecule has 0 bridgehead atoms. The summed E-state index contributed by atoms with van der Waals surface area (Å²) in [5, 5.41) is 11.2. The predicted molar refractivity (Wildman–Crippen MR) is 276 cm³/mol. The molecule has 3 saturated heterocycles. The summed E-state index contributed by atoms with van der Waals surface area (Å²) in [4.78, 5) is 57.4. The van der Waals surface area contributed by atoms with Gasteiger partial charge in [0, 0.05) is 85.2 Å². The molecule has 4 fully saturated rings. The number of aromatic nitrogens is 2. The molecule has 0 spiro atoms. The molecule has 1 aliphatic carbocycles. The molecule has 4 N–H and O–H groups in total. The molecule has 1 saturated carbocycles. The third kappa shape index (κ3) is 9.52. The van der Waals surface area contributed by atoms with Crippen molar-refractivity contribution in [3.63, 3.8) is 0 Å². The molecule has 1 aromatic heterocycles. The molecule has 0 unspecified atom stereocenters. The van der Waals surface area contributed by atoms with Crippen molar-refractivity contribution in [2.75, 3.05) is 44.7 Å². The van der Waals surface area contributed by atoms with Crippen LogP contribution in [-0.4, -0.2) is 95.3 Å². The van der Waals surface area contributed by atoms with Gasteiger partial charge in [-0.2, -0.15) is 5.10 Å². The summed E-state index contributed by atoms with van der Waals surface area (Å²) in [6.07, 6.45) is 13.5. The number of amides is 5. The number of carbonyl (C=O) groups excluding carboxylic acids is 4. The van der Waals surface area contributed by atoms with Crippen LogP contribution >= 0.6 is 11.6 Å². The number of hydrogen-bond donors (Lipinski definition) is 3. The van der Waals surface area contributed by atoms with Gasteiger partial charge in [0.15, 0.2) is 23.0 Å². The zero-order valence-electron chi connectivity index (χ0n) is 41.6. The smallest absolute Gasteiger partial charge is 0.329 e. The van der Waals surface area contributed by atoms with Crippen LogP contribution in [0.15, 0.2) is 79.0 Å². The first-order chi connectivity index (χ1) is 35.3. The summed E-state index contributed by atoms with van der Waals surface area (Å²) in [5.41, 5.74) is 7.58. The molecule has 14 nitrogen and oxygen atoms in total. The predicted octanol–water partition coefficient (Wildman–Crippen LogP) is 9.43. The van der Waals surface area contributed by atoms with Gasteiger partial charge in [0.1, 0.15) is 11.6 Å². The van der Waals surface area contributed by atoms with Gasteiger partial charge < -0.3 is 30.3 Å². The Morgan fingerprint density at radius 3 is 2.33 bits per heavy atom. The summed E-state index contributed by atoms with van der Waals surface area (Å²) < 4.78 is 45.8. The van der Waals surface area contributed by atoms with Gasteiger partial charge in [0.05, 0.1) is 23.2 Å². The van der Waals surface area contributed by atoms with Crippen molar-refractivity contribution in [2.24, 2.45) is 18.7 Å². The Hall–Kier alpha value is -6.52. The number of halogens is 3. The fourth-order valence-corrected chi connectivity index (χ4v) is 12.6. The summed E-state index contributed by atoms with van der Waals surface area (Å²) in [7, 11) is 3.20. The van der Waals surface area contributed by atoms with E-state index in [4.69, 9.17) is 26.8 Å². The van der Waals surface area contributed by atoms with E-state index in [0.29, 0.717) is 29.9 Å². The second kappa shape index (κ2) is 20.8. The number of methoxy groups -OCH3 is 1. The van der Waals surface area contributed by atoms with E-state index < -0.39 is 35.1 Å². The van der Waals surface area contributed by atoms with Crippen molar-refractivity contribution in [3.8, 4) is 22.6 Å². The lowest BCUT2D eigenvalue weighted by Crippen LogP contribution is -2.49. The SMILES string of the molecule is COc1ccc(C(N)=O)c(-c2c(Cl)c(F)cc3c2[C@H](C)[C@@](/C=C\NC2CCC(C(=O)N4CCCC(N5CCC(c6ccc7c(N8CCC(=O)NC8=O)nn(C)c7c6)CC5)CCC4)CC2)(c2ccccc2)O3)c1F. The largest absolute Gasteiger partial charge is 0.494 e. The molecule has 0 radical (unpaired) electrons. The minimum Gasteiger partial charge on any atom is -0.494 e. The van der Waals surface area contributed by atoms with E-state index in [9.17, 15) is 19.2 Å². The standard InChI is InChI=1S/C56H63ClF2N8O6/c1-33-47-45(32-42(58)50(57)49(47)48-41(52(60)69)19-20-44(72-3)51(48)59)73-56(33,37-9-5-4-6-10-37)24-25-61-38-16-13-35(14-17-38)54(70)66-26-7-11-39(12-8-27-66)65-28-21-34(22-29-65)36-15-18-40-43(31-36)64(2)63-53(40)67-30-23-46(68)62-55(67)71/h4-6,9-10,15,18-20,24-25,31-35,38-39,61H,7-8,11-14,16-17,21-23,26-30H2,1-3H3,(H2,60,69)(H,62,68,71)/b25-24-/t33-,35?,38?,56-/m0/s1. The van der Waals surface area contributed by atoms with Crippen LogP contribution < -0.4 is 30.7 Å². The van der Waals surface area contributed by atoms with E-state index in [2.05, 4.69) is 43.7 Å². The van der Waals surface area contributed by atoms with Gasteiger partial charge >= 0.3 is 6.03 Å². The number of anilines is 1. The number of carbonyl (C=O) groups is 4. The van der Waals surface area contributed by atoms with Gasteiger partial charge in [-0.05, 0) is 131 Å². The molecular formula is C56H63ClF2N8O6. The van der Waals surface area contributed by atoms with Crippen molar-refractivity contribution in [1.82, 2.24) is 30.2 Å². The summed E-state index contributed by atoms with van der Waals surface area (Å²) >= 11 is 6.69. The number of nitrogens with two attached hydrogens (primary N) is 1. The lowest BCUT2D eigenvalue weighted by atomic mass is 9.77. The molecule has 4 aromatic carbocycles. The molecule has 4 aliphatic heterocycles. The Morgan fingerprint density at radius 1 is 0.918 bits per heavy atom. The number of nitrogens with one attached hydrogen (secondary N) is 2. The van der Waals surface area contributed by atoms with Gasteiger partial charge in [-0.25, -0.2) is 13.6 Å². The highest BCUT2D eigenvalue weighted by Gasteiger charge is 2.49. The van der Waals surface area contributed by atoms with Gasteiger partial charge in [-0.15, -0.1) is 0 Å². The fraction of sp³-hybridized carbons (Fsp3) is 0.446. The molecule has 5 aliphatic rings. The summed E-state index contributed by atoms with van der Waals surface area (Å²) in [5.74, 6) is -2.19. The number of nitrogens with zero attached hydrogens (tertiary/aromatic N) is 5. The molecule has 17 heteroatoms. The van der Waals surface area contributed by atoms with Gasteiger partial charge in [0.25, 0.3) is 0 Å². The van der Waals surface area contributed by atoms with Crippen LogP contribution in [0.5, 0.6) is 11.5 Å². The maximum Gasteiger partial charge on any atom is 0.329 e. The Bertz CT molecular complexity index is 2960. The first-order valence-corrected chi connectivity index (χ1v) is 26.1. The lowest BCUT2D eigenvalue weighted by molar-refractivity contribution is -0.137. The number of fused-ring (bicyclic) bond motifs is 2. The van der Waals surface area contributed by atoms with Gasteiger partial charge in [-0.3, -0.25) is 29.3 Å². The normalized spacial score (nSPS) is 23.5. The molecule has 5 amide bonds. The van der Waals surface area contributed by atoms with Crippen LogP contribution in [-0.2, 0) is 22.2 Å². The Kier molecular flexibility index (Phi) is 14.2. The molecule has 10 rings (SSSR count). The van der Waals surface area contributed by atoms with Crippen molar-refractivity contribution in [3.05, 3.63) is 118 Å². The van der Waals surface area contributed by atoms with E-state index in [1.165, 1.54) is 30.9 Å². The van der Waals surface area contributed by atoms with Crippen molar-refractivity contribution in [1.29, 1.82) is 0 Å². The van der Waals surface area contributed by atoms with Gasteiger partial charge in [-0.1, -0.05) is 54.9 Å². The fourth-order valence-electron chi connectivity index (χ4n) is 12.3. The van der Waals surface area contributed by atoms with E-state index in [0.717, 1.165) is 107 Å². The molecule has 73 heavy (non-hydrogen) atoms. The maximum atomic E-state index is 16.2. The summed E-state index contributed by atoms with van der Waals surface area (Å²) in [6, 6.07) is 20.0. The third-order valence-corrected chi connectivity index (χ3v) is 16.7. The number of imide groups is 1. The average Bonchev–Trinajstić information content (AvgIpc) is 3.86. The maximum absolute atomic E-state index is 16.2. The van der Waals surface area contributed by atoms with Crippen LogP contribution in [0.4, 0.5) is 19.4 Å². The van der Waals surface area contributed by atoms with Crippen molar-refractivity contribution in [2.45, 2.75) is 107 Å². The minimum absolute atomic E-state index is 0.0189. The first-order valence-electron chi connectivity index (χ1n) is 25.7. The number of benzene rings is 4. The highest BCUT2D eigenvalue weighted by molar-refractivity contribution is 6.34. The Balaban J connectivity index is 0.733. The zero-order valence-corrected chi connectivity index (χ0v) is 42.4. The second-order valence-corrected chi connectivity index (χ2v) is 20.8. The topological polar surface area (TPSA) is 164 Å². The van der Waals surface area contributed by atoms with E-state index in [-0.39, 0.29) is 63.4 Å². The van der Waals surface area contributed by atoms with E-state index in [1.807, 2.05) is 61.3 Å². The number of piperidine rings is 1. The van der Waals surface area contributed by atoms with E-state index >= 15 is 8.78 Å². The number of primary amides is 1. The molecule has 2 atom stereocenters. The van der Waals surface area contributed by atoms with Gasteiger partial charge in [0.2, 0.25) is 17.7 Å². The summed E-state index contributed by atoms with van der Waals surface area (Å²) in [6.45, 7) is 5.85. The van der Waals surface area contributed by atoms with Crippen LogP contribution in [0, 0.1) is 17.6 Å². The molecular weight excluding hydrogens is 954 g/mol. The molecule has 5 heterocycles. The van der Waals surface area contributed by atoms with Crippen LogP contribution in [0.3, 0.4) is 0 Å². The van der Waals surface area contributed by atoms with Crippen LogP contribution in [0.2, 0.25) is 5.02 Å². The first kappa shape index (κ1) is 50.0. The monoisotopic (exact) mass is 1020 g/mol. The zero-order chi connectivity index (χ0) is 51.1. The molecule has 384 valence electrons. The number of likely N-dealkylation sites (tertiary alicyclic amines) is 2. The minimum atomic E-state index is -1.18. The highest BCUT2D eigenvalue weighted by atomic mass is 35.5. The Labute approximate surface area is 429 Å². The highest BCUT2D eigenvalue weighted by Crippen LogP contribution is 2.57. The second-order valence-electron chi connectivity index (χ2n) is 20.4. The van der Waals surface area contributed by atoms with E-state index in [1.54, 1.807) is 4.90 Å². The van der Waals surface area contributed by atoms with Crippen LogP contribution in [0.25, 0.3) is 22.0 Å². The van der Waals surface area contributed by atoms with Crippen molar-refractivity contribution >= 4 is 52.1 Å². The van der Waals surface area contributed by atoms with Crippen molar-refractivity contribution < 1.29 is 37.4 Å². The third-order valence-electron chi connectivity index (χ3n) is 16.3. The quantitative estimate of drug-likeness (QED) is 0.117. The number of urea groups is 1. The Morgan fingerprint density at radius 2 is 1.64 bits per heavy atom. The van der Waals surface area contributed by atoms with Crippen LogP contribution in [0.1, 0.15) is 116 Å².